The maximum atomic E-state index is 14.2. The number of anilines is 1. The van der Waals surface area contributed by atoms with Crippen LogP contribution >= 0.6 is 0 Å². The molecule has 37 heavy (non-hydrogen) atoms. The SMILES string of the molecule is COc1ccc(CCN2C(=O)NC(=O)[C@]3(Cc4cc([N+](=O)[O-])ccc4N4C[C@@H](C)O[C@H](C)[C@@H]43)C2=O)cc1. The van der Waals surface area contributed by atoms with Crippen molar-refractivity contribution in [2.45, 2.75) is 44.9 Å². The minimum atomic E-state index is -1.68. The molecule has 4 amide bonds. The Balaban J connectivity index is 1.54. The number of nitrogens with zero attached hydrogens (tertiary/aromatic N) is 3. The van der Waals surface area contributed by atoms with E-state index >= 15 is 0 Å². The molecule has 2 aromatic carbocycles. The van der Waals surface area contributed by atoms with Gasteiger partial charge in [0.05, 0.1) is 30.3 Å². The first-order valence-electron chi connectivity index (χ1n) is 12.2. The number of non-ortho nitro benzene ring substituents is 1. The molecule has 1 spiro atoms. The first kappa shape index (κ1) is 24.7. The molecule has 0 bridgehead atoms. The summed E-state index contributed by atoms with van der Waals surface area (Å²) in [4.78, 5) is 54.6. The summed E-state index contributed by atoms with van der Waals surface area (Å²) in [6, 6.07) is 10.3. The summed E-state index contributed by atoms with van der Waals surface area (Å²) < 4.78 is 11.3. The number of barbiturate groups is 1. The molecule has 3 heterocycles. The van der Waals surface area contributed by atoms with Gasteiger partial charge in [0, 0.05) is 37.3 Å². The Bertz CT molecular complexity index is 1280. The Morgan fingerprint density at radius 1 is 1.16 bits per heavy atom. The van der Waals surface area contributed by atoms with Crippen molar-refractivity contribution in [3.63, 3.8) is 0 Å². The lowest BCUT2D eigenvalue weighted by atomic mass is 9.66. The van der Waals surface area contributed by atoms with Crippen molar-refractivity contribution in [2.24, 2.45) is 5.41 Å². The van der Waals surface area contributed by atoms with Crippen molar-refractivity contribution in [3.05, 3.63) is 63.7 Å². The van der Waals surface area contributed by atoms with Gasteiger partial charge in [-0.3, -0.25) is 29.9 Å². The summed E-state index contributed by atoms with van der Waals surface area (Å²) >= 11 is 0. The number of morpholine rings is 1. The Hall–Kier alpha value is -3.99. The molecular weight excluding hydrogens is 480 g/mol. The molecule has 0 saturated carbocycles. The third kappa shape index (κ3) is 3.99. The smallest absolute Gasteiger partial charge is 0.330 e. The molecule has 0 aliphatic carbocycles. The van der Waals surface area contributed by atoms with E-state index in [0.29, 0.717) is 24.3 Å². The first-order valence-corrected chi connectivity index (χ1v) is 12.2. The van der Waals surface area contributed by atoms with Crippen LogP contribution in [0.2, 0.25) is 0 Å². The van der Waals surface area contributed by atoms with E-state index in [0.717, 1.165) is 16.2 Å². The number of fused-ring (bicyclic) bond motifs is 4. The van der Waals surface area contributed by atoms with E-state index < -0.39 is 40.3 Å². The van der Waals surface area contributed by atoms with E-state index in [4.69, 9.17) is 9.47 Å². The highest BCUT2D eigenvalue weighted by molar-refractivity contribution is 6.20. The number of amides is 4. The van der Waals surface area contributed by atoms with Gasteiger partial charge in [-0.25, -0.2) is 4.79 Å². The first-order chi connectivity index (χ1) is 17.6. The lowest BCUT2D eigenvalue weighted by Crippen LogP contribution is -2.75. The zero-order valence-corrected chi connectivity index (χ0v) is 20.8. The fraction of sp³-hybridized carbons (Fsp3) is 0.423. The van der Waals surface area contributed by atoms with Crippen LogP contribution in [-0.2, 0) is 27.2 Å². The average molecular weight is 509 g/mol. The number of nitro groups is 1. The van der Waals surface area contributed by atoms with Gasteiger partial charge in [-0.1, -0.05) is 12.1 Å². The van der Waals surface area contributed by atoms with Crippen molar-refractivity contribution in [1.82, 2.24) is 10.2 Å². The van der Waals surface area contributed by atoms with Crippen LogP contribution in [0, 0.1) is 15.5 Å². The van der Waals surface area contributed by atoms with Crippen LogP contribution in [0.25, 0.3) is 0 Å². The molecule has 3 aliphatic heterocycles. The second kappa shape index (κ2) is 9.15. The number of rotatable bonds is 5. The molecule has 4 atom stereocenters. The van der Waals surface area contributed by atoms with Gasteiger partial charge in [-0.05, 0) is 49.6 Å². The van der Waals surface area contributed by atoms with Gasteiger partial charge in [-0.2, -0.15) is 0 Å². The monoisotopic (exact) mass is 508 g/mol. The molecule has 5 rings (SSSR count). The number of nitrogens with one attached hydrogen (secondary N) is 1. The van der Waals surface area contributed by atoms with Crippen LogP contribution in [0.15, 0.2) is 42.5 Å². The predicted octanol–water partition coefficient (Wildman–Crippen LogP) is 2.45. The number of carbonyl (C=O) groups excluding carboxylic acids is 3. The number of hydrogen-bond acceptors (Lipinski definition) is 8. The summed E-state index contributed by atoms with van der Waals surface area (Å²) in [7, 11) is 1.57. The highest BCUT2D eigenvalue weighted by Gasteiger charge is 2.64. The number of carbonyl (C=O) groups is 3. The number of benzene rings is 2. The van der Waals surface area contributed by atoms with Crippen LogP contribution in [0.3, 0.4) is 0 Å². The quantitative estimate of drug-likeness (QED) is 0.370. The van der Waals surface area contributed by atoms with Gasteiger partial charge in [-0.15, -0.1) is 0 Å². The number of ether oxygens (including phenoxy) is 2. The minimum absolute atomic E-state index is 0.0617. The lowest BCUT2D eigenvalue weighted by molar-refractivity contribution is -0.384. The van der Waals surface area contributed by atoms with E-state index in [9.17, 15) is 24.5 Å². The van der Waals surface area contributed by atoms with E-state index in [2.05, 4.69) is 5.32 Å². The van der Waals surface area contributed by atoms with Gasteiger partial charge < -0.3 is 14.4 Å². The van der Waals surface area contributed by atoms with Crippen LogP contribution in [-0.4, -0.2) is 66.1 Å². The van der Waals surface area contributed by atoms with Crippen molar-refractivity contribution >= 4 is 29.2 Å². The summed E-state index contributed by atoms with van der Waals surface area (Å²) in [6.07, 6.45) is -0.408. The Morgan fingerprint density at radius 3 is 2.57 bits per heavy atom. The molecule has 0 aromatic heterocycles. The van der Waals surface area contributed by atoms with Gasteiger partial charge in [0.25, 0.3) is 5.69 Å². The van der Waals surface area contributed by atoms with Crippen LogP contribution in [0.5, 0.6) is 5.75 Å². The minimum Gasteiger partial charge on any atom is -0.497 e. The molecule has 1 N–H and O–H groups in total. The zero-order chi connectivity index (χ0) is 26.5. The molecule has 194 valence electrons. The summed E-state index contributed by atoms with van der Waals surface area (Å²) in [5.74, 6) is -0.636. The third-order valence-corrected chi connectivity index (χ3v) is 7.52. The van der Waals surface area contributed by atoms with Gasteiger partial charge >= 0.3 is 6.03 Å². The number of urea groups is 1. The standard InChI is InChI=1S/C26H28N4O7/c1-15-14-29-21-9-6-19(30(34)35)12-18(21)13-26(22(29)16(2)37-15)23(31)27-25(33)28(24(26)32)11-10-17-4-7-20(36-3)8-5-17/h4-9,12,15-16,22H,10-11,13-14H2,1-3H3,(H,27,31,33)/t15-,16-,22-,26-/m1/s1. The number of nitro benzene ring substituents is 1. The molecule has 11 heteroatoms. The lowest BCUT2D eigenvalue weighted by Gasteiger charge is -2.56. The molecular formula is C26H28N4O7. The largest absolute Gasteiger partial charge is 0.497 e. The van der Waals surface area contributed by atoms with E-state index in [1.54, 1.807) is 25.3 Å². The van der Waals surface area contributed by atoms with Crippen LogP contribution in [0.4, 0.5) is 16.2 Å². The molecule has 2 saturated heterocycles. The molecule has 11 nitrogen and oxygen atoms in total. The summed E-state index contributed by atoms with van der Waals surface area (Å²) in [5.41, 5.74) is 0.320. The van der Waals surface area contributed by atoms with Gasteiger partial charge in [0.2, 0.25) is 11.8 Å². The van der Waals surface area contributed by atoms with Gasteiger partial charge in [0.15, 0.2) is 5.41 Å². The highest BCUT2D eigenvalue weighted by Crippen LogP contribution is 2.48. The topological polar surface area (TPSA) is 131 Å². The Morgan fingerprint density at radius 2 is 1.89 bits per heavy atom. The molecule has 3 aliphatic rings. The highest BCUT2D eigenvalue weighted by atomic mass is 16.6. The molecule has 2 aromatic rings. The maximum absolute atomic E-state index is 14.2. The fourth-order valence-corrected chi connectivity index (χ4v) is 5.91. The molecule has 2 fully saturated rings. The Kier molecular flexibility index (Phi) is 6.10. The van der Waals surface area contributed by atoms with Crippen molar-refractivity contribution in [1.29, 1.82) is 0 Å². The van der Waals surface area contributed by atoms with Crippen molar-refractivity contribution in [3.8, 4) is 5.75 Å². The fourth-order valence-electron chi connectivity index (χ4n) is 5.91. The van der Waals surface area contributed by atoms with E-state index in [1.807, 2.05) is 30.9 Å². The van der Waals surface area contributed by atoms with Crippen molar-refractivity contribution in [2.75, 3.05) is 25.1 Å². The van der Waals surface area contributed by atoms with Crippen molar-refractivity contribution < 1.29 is 28.8 Å². The third-order valence-electron chi connectivity index (χ3n) is 7.52. The number of hydrogen-bond donors (Lipinski definition) is 1. The van der Waals surface area contributed by atoms with E-state index in [1.165, 1.54) is 12.1 Å². The van der Waals surface area contributed by atoms with Gasteiger partial charge in [0.1, 0.15) is 5.75 Å². The summed E-state index contributed by atoms with van der Waals surface area (Å²) in [6.45, 7) is 4.16. The molecule has 0 unspecified atom stereocenters. The average Bonchev–Trinajstić information content (AvgIpc) is 2.87. The molecule has 0 radical (unpaired) electrons. The predicted molar refractivity (Wildman–Crippen MR) is 132 cm³/mol. The normalized spacial score (nSPS) is 27.0. The maximum Gasteiger partial charge on any atom is 0.330 e. The Labute approximate surface area is 213 Å². The number of imide groups is 2. The van der Waals surface area contributed by atoms with E-state index in [-0.39, 0.29) is 24.8 Å². The second-order valence-corrected chi connectivity index (χ2v) is 9.78. The summed E-state index contributed by atoms with van der Waals surface area (Å²) in [5, 5.41) is 13.9. The second-order valence-electron chi connectivity index (χ2n) is 9.78. The number of methoxy groups -OCH3 is 1. The zero-order valence-electron chi connectivity index (χ0n) is 20.8. The van der Waals surface area contributed by atoms with Crippen LogP contribution in [0.1, 0.15) is 25.0 Å². The van der Waals surface area contributed by atoms with Crippen LogP contribution < -0.4 is 15.0 Å².